The summed E-state index contributed by atoms with van der Waals surface area (Å²) in [6.07, 6.45) is 2.31. The van der Waals surface area contributed by atoms with E-state index in [4.69, 9.17) is 10.00 Å². The van der Waals surface area contributed by atoms with Crippen molar-refractivity contribution in [1.82, 2.24) is 20.2 Å². The molecule has 102 valence electrons. The highest BCUT2D eigenvalue weighted by Crippen LogP contribution is 2.37. The van der Waals surface area contributed by atoms with Gasteiger partial charge in [0, 0.05) is 5.75 Å². The van der Waals surface area contributed by atoms with E-state index in [1.54, 1.807) is 24.9 Å². The maximum Gasteiger partial charge on any atom is 0.209 e. The minimum absolute atomic E-state index is 0.475. The summed E-state index contributed by atoms with van der Waals surface area (Å²) in [4.78, 5) is 0. The number of ether oxygens (including phenoxy) is 1. The van der Waals surface area contributed by atoms with Gasteiger partial charge in [-0.15, -0.1) is 5.10 Å². The lowest BCUT2D eigenvalue weighted by Crippen LogP contribution is -1.99. The van der Waals surface area contributed by atoms with E-state index in [9.17, 15) is 0 Å². The van der Waals surface area contributed by atoms with Gasteiger partial charge < -0.3 is 4.74 Å². The zero-order valence-electron chi connectivity index (χ0n) is 11.0. The van der Waals surface area contributed by atoms with Gasteiger partial charge in [-0.2, -0.15) is 5.26 Å². The first-order valence-electron chi connectivity index (χ1n) is 6.29. The number of hydrogen-bond acceptors (Lipinski definition) is 6. The molecule has 0 N–H and O–H groups in total. The Bertz CT molecular complexity index is 659. The Labute approximate surface area is 120 Å². The molecule has 6 nitrogen and oxygen atoms in total. The quantitative estimate of drug-likeness (QED) is 0.784. The van der Waals surface area contributed by atoms with E-state index in [1.807, 2.05) is 16.8 Å². The van der Waals surface area contributed by atoms with Crippen molar-refractivity contribution in [3.63, 3.8) is 0 Å². The molecule has 0 unspecified atom stereocenters. The average molecular weight is 287 g/mol. The molecule has 20 heavy (non-hydrogen) atoms. The second kappa shape index (κ2) is 5.51. The van der Waals surface area contributed by atoms with Crippen molar-refractivity contribution in [1.29, 1.82) is 5.26 Å². The predicted molar refractivity (Wildman–Crippen MR) is 73.4 cm³/mol. The van der Waals surface area contributed by atoms with Gasteiger partial charge in [-0.25, -0.2) is 4.68 Å². The predicted octanol–water partition coefficient (Wildman–Crippen LogP) is 2.18. The van der Waals surface area contributed by atoms with Crippen molar-refractivity contribution in [3.8, 4) is 11.8 Å². The van der Waals surface area contributed by atoms with Crippen molar-refractivity contribution in [2.24, 2.45) is 0 Å². The van der Waals surface area contributed by atoms with E-state index >= 15 is 0 Å². The summed E-state index contributed by atoms with van der Waals surface area (Å²) in [5, 5.41) is 21.6. The van der Waals surface area contributed by atoms with Crippen molar-refractivity contribution >= 4 is 11.8 Å². The van der Waals surface area contributed by atoms with Crippen LogP contribution in [0.3, 0.4) is 0 Å². The van der Waals surface area contributed by atoms with Crippen LogP contribution in [-0.2, 0) is 5.75 Å². The molecule has 1 aromatic carbocycles. The van der Waals surface area contributed by atoms with Crippen LogP contribution in [0, 0.1) is 11.3 Å². The van der Waals surface area contributed by atoms with E-state index in [0.29, 0.717) is 17.4 Å². The van der Waals surface area contributed by atoms with Gasteiger partial charge in [0.2, 0.25) is 5.16 Å². The monoisotopic (exact) mass is 287 g/mol. The van der Waals surface area contributed by atoms with Gasteiger partial charge in [-0.05, 0) is 41.0 Å². The second-order valence-electron chi connectivity index (χ2n) is 4.57. The van der Waals surface area contributed by atoms with Gasteiger partial charge in [0.15, 0.2) is 0 Å². The number of aromatic nitrogens is 4. The molecule has 0 radical (unpaired) electrons. The number of hydrogen-bond donors (Lipinski definition) is 0. The first-order chi connectivity index (χ1) is 9.81. The molecular formula is C13H13N5OS. The number of thioether (sulfide) groups is 1. The van der Waals surface area contributed by atoms with Crippen LogP contribution in [0.25, 0.3) is 0 Å². The molecule has 1 aromatic heterocycles. The fraction of sp³-hybridized carbons (Fsp3) is 0.385. The van der Waals surface area contributed by atoms with Crippen LogP contribution in [0.1, 0.15) is 30.0 Å². The fourth-order valence-corrected chi connectivity index (χ4v) is 2.78. The lowest BCUT2D eigenvalue weighted by atomic mass is 10.1. The minimum atomic E-state index is 0.475. The van der Waals surface area contributed by atoms with Gasteiger partial charge in [0.05, 0.1) is 18.7 Å². The topological polar surface area (TPSA) is 76.6 Å². The third-order valence-electron chi connectivity index (χ3n) is 3.11. The molecule has 1 heterocycles. The first kappa shape index (κ1) is 12.9. The normalized spacial score (nSPS) is 14.0. The Kier molecular flexibility index (Phi) is 3.56. The molecule has 1 fully saturated rings. The molecule has 1 aliphatic carbocycles. The Morgan fingerprint density at radius 3 is 3.05 bits per heavy atom. The molecule has 1 aliphatic rings. The van der Waals surface area contributed by atoms with Crippen LogP contribution in [0.2, 0.25) is 0 Å². The van der Waals surface area contributed by atoms with Gasteiger partial charge in [0.25, 0.3) is 0 Å². The smallest absolute Gasteiger partial charge is 0.209 e. The fourth-order valence-electron chi connectivity index (χ4n) is 1.89. The summed E-state index contributed by atoms with van der Waals surface area (Å²) < 4.78 is 7.10. The van der Waals surface area contributed by atoms with Crippen LogP contribution in [-0.4, -0.2) is 27.3 Å². The molecule has 2 aromatic rings. The van der Waals surface area contributed by atoms with Crippen LogP contribution in [0.15, 0.2) is 23.4 Å². The summed E-state index contributed by atoms with van der Waals surface area (Å²) in [7, 11) is 1.57. The highest BCUT2D eigenvalue weighted by Gasteiger charge is 2.27. The number of nitrogens with zero attached hydrogens (tertiary/aromatic N) is 5. The third-order valence-corrected chi connectivity index (χ3v) is 4.11. The molecule has 0 spiro atoms. The van der Waals surface area contributed by atoms with E-state index in [2.05, 4.69) is 21.6 Å². The SMILES string of the molecule is COc1cc(CSc2nnnn2C2CC2)ccc1C#N. The maximum absolute atomic E-state index is 8.96. The summed E-state index contributed by atoms with van der Waals surface area (Å²) in [6.45, 7) is 0. The van der Waals surface area contributed by atoms with Crippen molar-refractivity contribution in [2.75, 3.05) is 7.11 Å². The number of tetrazole rings is 1. The molecule has 0 atom stereocenters. The number of benzene rings is 1. The highest BCUT2D eigenvalue weighted by atomic mass is 32.2. The van der Waals surface area contributed by atoms with Crippen LogP contribution in [0.4, 0.5) is 0 Å². The highest BCUT2D eigenvalue weighted by molar-refractivity contribution is 7.98. The maximum atomic E-state index is 8.96. The molecule has 0 saturated heterocycles. The van der Waals surface area contributed by atoms with E-state index in [-0.39, 0.29) is 0 Å². The summed E-state index contributed by atoms with van der Waals surface area (Å²) in [5.74, 6) is 1.35. The zero-order valence-corrected chi connectivity index (χ0v) is 11.8. The van der Waals surface area contributed by atoms with E-state index < -0.39 is 0 Å². The Hall–Kier alpha value is -2.07. The summed E-state index contributed by atoms with van der Waals surface area (Å²) in [6, 6.07) is 8.17. The minimum Gasteiger partial charge on any atom is -0.495 e. The number of rotatable bonds is 5. The molecule has 1 saturated carbocycles. The number of nitriles is 1. The second-order valence-corrected chi connectivity index (χ2v) is 5.51. The van der Waals surface area contributed by atoms with Gasteiger partial charge >= 0.3 is 0 Å². The van der Waals surface area contributed by atoms with Crippen LogP contribution in [0.5, 0.6) is 5.75 Å². The van der Waals surface area contributed by atoms with Gasteiger partial charge in [0.1, 0.15) is 11.8 Å². The molecule has 0 amide bonds. The largest absolute Gasteiger partial charge is 0.495 e. The lowest BCUT2D eigenvalue weighted by Gasteiger charge is -2.06. The lowest BCUT2D eigenvalue weighted by molar-refractivity contribution is 0.413. The molecular weight excluding hydrogens is 274 g/mol. The molecule has 7 heteroatoms. The first-order valence-corrected chi connectivity index (χ1v) is 7.28. The average Bonchev–Trinajstić information content (AvgIpc) is 3.23. The van der Waals surface area contributed by atoms with Crippen molar-refractivity contribution < 1.29 is 4.74 Å². The van der Waals surface area contributed by atoms with Crippen molar-refractivity contribution in [2.45, 2.75) is 29.8 Å². The molecule has 0 aliphatic heterocycles. The Balaban J connectivity index is 1.72. The Morgan fingerprint density at radius 2 is 2.35 bits per heavy atom. The van der Waals surface area contributed by atoms with E-state index in [0.717, 1.165) is 29.3 Å². The standard InChI is InChI=1S/C13H13N5OS/c1-19-12-6-9(2-3-10(12)7-14)8-20-13-15-16-17-18(13)11-4-5-11/h2-3,6,11H,4-5,8H2,1H3. The van der Waals surface area contributed by atoms with E-state index in [1.165, 1.54) is 0 Å². The summed E-state index contributed by atoms with van der Waals surface area (Å²) in [5.41, 5.74) is 1.63. The van der Waals surface area contributed by atoms with Gasteiger partial charge in [-0.1, -0.05) is 17.8 Å². The molecule has 3 rings (SSSR count). The molecule has 0 bridgehead atoms. The zero-order chi connectivity index (χ0) is 13.9. The summed E-state index contributed by atoms with van der Waals surface area (Å²) >= 11 is 1.60. The van der Waals surface area contributed by atoms with Crippen LogP contribution < -0.4 is 4.74 Å². The van der Waals surface area contributed by atoms with Crippen molar-refractivity contribution in [3.05, 3.63) is 29.3 Å². The van der Waals surface area contributed by atoms with Gasteiger partial charge in [-0.3, -0.25) is 0 Å². The van der Waals surface area contributed by atoms with Crippen LogP contribution >= 0.6 is 11.8 Å². The third kappa shape index (κ3) is 2.60. The number of methoxy groups -OCH3 is 1. The Morgan fingerprint density at radius 1 is 1.50 bits per heavy atom.